The van der Waals surface area contributed by atoms with Crippen LogP contribution in [0.25, 0.3) is 0 Å². The normalized spacial score (nSPS) is 11.7. The number of pyridine rings is 1. The molecule has 0 aliphatic carbocycles. The van der Waals surface area contributed by atoms with Crippen molar-refractivity contribution in [1.29, 1.82) is 5.26 Å². The summed E-state index contributed by atoms with van der Waals surface area (Å²) in [6, 6.07) is 11.3. The van der Waals surface area contributed by atoms with Crippen molar-refractivity contribution < 1.29 is 9.84 Å². The number of aromatic nitrogens is 1. The highest BCUT2D eigenvalue weighted by Crippen LogP contribution is 2.27. The van der Waals surface area contributed by atoms with E-state index >= 15 is 0 Å². The van der Waals surface area contributed by atoms with Gasteiger partial charge in [-0.05, 0) is 31.5 Å². The Morgan fingerprint density at radius 2 is 2.20 bits per heavy atom. The Kier molecular flexibility index (Phi) is 4.34. The molecule has 4 nitrogen and oxygen atoms in total. The molecule has 1 aromatic carbocycles. The number of aliphatic hydroxyl groups excluding tert-OH is 1. The van der Waals surface area contributed by atoms with Crippen LogP contribution in [-0.4, -0.2) is 10.1 Å². The van der Waals surface area contributed by atoms with Gasteiger partial charge in [-0.25, -0.2) is 4.98 Å². The van der Waals surface area contributed by atoms with E-state index in [1.807, 2.05) is 37.3 Å². The van der Waals surface area contributed by atoms with Crippen LogP contribution in [0.4, 0.5) is 0 Å². The smallest absolute Gasteiger partial charge is 0.147 e. The van der Waals surface area contributed by atoms with Crippen molar-refractivity contribution in [2.75, 3.05) is 0 Å². The summed E-state index contributed by atoms with van der Waals surface area (Å²) in [6.45, 7) is 3.91. The van der Waals surface area contributed by atoms with Gasteiger partial charge in [0.05, 0.1) is 6.10 Å². The van der Waals surface area contributed by atoms with Gasteiger partial charge in [0.25, 0.3) is 0 Å². The molecule has 4 heteroatoms. The lowest BCUT2D eigenvalue weighted by Gasteiger charge is -2.14. The van der Waals surface area contributed by atoms with Crippen molar-refractivity contribution in [2.45, 2.75) is 26.6 Å². The minimum atomic E-state index is -0.602. The van der Waals surface area contributed by atoms with Crippen LogP contribution in [0.1, 0.15) is 35.4 Å². The van der Waals surface area contributed by atoms with Gasteiger partial charge in [0.2, 0.25) is 0 Å². The first kappa shape index (κ1) is 14.0. The highest BCUT2D eigenvalue weighted by molar-refractivity contribution is 5.39. The lowest BCUT2D eigenvalue weighted by atomic mass is 10.1. The second-order valence-electron chi connectivity index (χ2n) is 4.63. The first-order valence-corrected chi connectivity index (χ1v) is 6.37. The lowest BCUT2D eigenvalue weighted by molar-refractivity contribution is 0.190. The summed E-state index contributed by atoms with van der Waals surface area (Å²) in [6.07, 6.45) is 0.977. The number of aliphatic hydroxyl groups is 1. The van der Waals surface area contributed by atoms with Crippen LogP contribution in [0.3, 0.4) is 0 Å². The number of ether oxygens (including phenoxy) is 1. The van der Waals surface area contributed by atoms with Gasteiger partial charge < -0.3 is 9.84 Å². The molecule has 0 spiro atoms. The van der Waals surface area contributed by atoms with Crippen molar-refractivity contribution in [1.82, 2.24) is 4.98 Å². The number of nitrogens with zero attached hydrogens (tertiary/aromatic N) is 2. The number of benzene rings is 1. The van der Waals surface area contributed by atoms with Crippen LogP contribution >= 0.6 is 0 Å². The second-order valence-corrected chi connectivity index (χ2v) is 4.63. The molecule has 0 bridgehead atoms. The molecule has 0 fully saturated rings. The number of rotatable bonds is 4. The van der Waals surface area contributed by atoms with Crippen LogP contribution < -0.4 is 4.74 Å². The van der Waals surface area contributed by atoms with Crippen molar-refractivity contribution in [2.24, 2.45) is 0 Å². The largest absolute Gasteiger partial charge is 0.488 e. The third kappa shape index (κ3) is 3.14. The number of nitriles is 1. The predicted octanol–water partition coefficient (Wildman–Crippen LogP) is 2.89. The van der Waals surface area contributed by atoms with Gasteiger partial charge in [0, 0.05) is 17.3 Å². The van der Waals surface area contributed by atoms with Gasteiger partial charge in [0.15, 0.2) is 0 Å². The van der Waals surface area contributed by atoms with Crippen molar-refractivity contribution in [3.63, 3.8) is 0 Å². The van der Waals surface area contributed by atoms with E-state index in [9.17, 15) is 5.11 Å². The Morgan fingerprint density at radius 3 is 2.90 bits per heavy atom. The average molecular weight is 268 g/mol. The standard InChI is InChI=1S/C16H16N2O2/c1-11-5-6-14(12(2)19)16(8-11)20-10-13-4-3-7-18-15(13)9-17/h3-8,12,19H,10H2,1-2H3. The van der Waals surface area contributed by atoms with Gasteiger partial charge in [-0.2, -0.15) is 5.26 Å². The fraction of sp³-hybridized carbons (Fsp3) is 0.250. The van der Waals surface area contributed by atoms with Gasteiger partial charge in [-0.15, -0.1) is 0 Å². The fourth-order valence-corrected chi connectivity index (χ4v) is 1.92. The summed E-state index contributed by atoms with van der Waals surface area (Å²) < 4.78 is 5.76. The Bertz CT molecular complexity index is 645. The Labute approximate surface area is 118 Å². The molecule has 0 saturated heterocycles. The second kappa shape index (κ2) is 6.18. The van der Waals surface area contributed by atoms with Crippen molar-refractivity contribution >= 4 is 0 Å². The zero-order chi connectivity index (χ0) is 14.5. The van der Waals surface area contributed by atoms with E-state index in [1.54, 1.807) is 19.2 Å². The highest BCUT2D eigenvalue weighted by atomic mass is 16.5. The summed E-state index contributed by atoms with van der Waals surface area (Å²) in [7, 11) is 0. The molecular formula is C16H16N2O2. The minimum absolute atomic E-state index is 0.250. The monoisotopic (exact) mass is 268 g/mol. The van der Waals surface area contributed by atoms with Crippen LogP contribution in [0, 0.1) is 18.3 Å². The molecule has 0 amide bonds. The topological polar surface area (TPSA) is 66.1 Å². The van der Waals surface area contributed by atoms with Crippen LogP contribution in [0.15, 0.2) is 36.5 Å². The molecule has 1 unspecified atom stereocenters. The molecule has 1 heterocycles. The van der Waals surface area contributed by atoms with E-state index in [0.29, 0.717) is 11.4 Å². The molecule has 102 valence electrons. The van der Waals surface area contributed by atoms with Crippen molar-refractivity contribution in [3.05, 3.63) is 58.9 Å². The third-order valence-corrected chi connectivity index (χ3v) is 3.00. The Balaban J connectivity index is 2.23. The van der Waals surface area contributed by atoms with E-state index in [2.05, 4.69) is 4.98 Å². The molecule has 0 aliphatic rings. The maximum absolute atomic E-state index is 9.75. The first-order chi connectivity index (χ1) is 9.61. The lowest BCUT2D eigenvalue weighted by Crippen LogP contribution is -2.03. The maximum atomic E-state index is 9.75. The Morgan fingerprint density at radius 1 is 1.40 bits per heavy atom. The molecule has 1 N–H and O–H groups in total. The summed E-state index contributed by atoms with van der Waals surface area (Å²) >= 11 is 0. The average Bonchev–Trinajstić information content (AvgIpc) is 2.45. The van der Waals surface area contributed by atoms with Gasteiger partial charge >= 0.3 is 0 Å². The van der Waals surface area contributed by atoms with Crippen molar-refractivity contribution in [3.8, 4) is 11.8 Å². The minimum Gasteiger partial charge on any atom is -0.488 e. The summed E-state index contributed by atoms with van der Waals surface area (Å²) in [5, 5.41) is 18.7. The molecule has 0 saturated carbocycles. The van der Waals surface area contributed by atoms with Crippen LogP contribution in [-0.2, 0) is 6.61 Å². The molecule has 1 atom stereocenters. The van der Waals surface area contributed by atoms with E-state index in [0.717, 1.165) is 16.7 Å². The highest BCUT2D eigenvalue weighted by Gasteiger charge is 2.10. The number of hydrogen-bond acceptors (Lipinski definition) is 4. The molecule has 2 rings (SSSR count). The maximum Gasteiger partial charge on any atom is 0.147 e. The van der Waals surface area contributed by atoms with Gasteiger partial charge in [-0.3, -0.25) is 0 Å². The van der Waals surface area contributed by atoms with Crippen LogP contribution in [0.2, 0.25) is 0 Å². The zero-order valence-corrected chi connectivity index (χ0v) is 11.5. The molecule has 0 aliphatic heterocycles. The number of hydrogen-bond donors (Lipinski definition) is 1. The molecule has 1 aromatic heterocycles. The molecular weight excluding hydrogens is 252 g/mol. The first-order valence-electron chi connectivity index (χ1n) is 6.37. The van der Waals surface area contributed by atoms with E-state index in [1.165, 1.54) is 0 Å². The summed E-state index contributed by atoms with van der Waals surface area (Å²) in [4.78, 5) is 3.99. The van der Waals surface area contributed by atoms with Gasteiger partial charge in [-0.1, -0.05) is 18.2 Å². The fourth-order valence-electron chi connectivity index (χ4n) is 1.92. The SMILES string of the molecule is Cc1ccc(C(C)O)c(OCc2cccnc2C#N)c1. The molecule has 20 heavy (non-hydrogen) atoms. The molecule has 0 radical (unpaired) electrons. The third-order valence-electron chi connectivity index (χ3n) is 3.00. The van der Waals surface area contributed by atoms with E-state index < -0.39 is 6.10 Å². The summed E-state index contributed by atoms with van der Waals surface area (Å²) in [5.41, 5.74) is 2.88. The number of aryl methyl sites for hydroxylation is 1. The summed E-state index contributed by atoms with van der Waals surface area (Å²) in [5.74, 6) is 0.632. The van der Waals surface area contributed by atoms with Gasteiger partial charge in [0.1, 0.15) is 24.1 Å². The molecule has 2 aromatic rings. The van der Waals surface area contributed by atoms with E-state index in [4.69, 9.17) is 10.00 Å². The Hall–Kier alpha value is -2.38. The van der Waals surface area contributed by atoms with E-state index in [-0.39, 0.29) is 6.61 Å². The quantitative estimate of drug-likeness (QED) is 0.925. The van der Waals surface area contributed by atoms with Crippen LogP contribution in [0.5, 0.6) is 5.75 Å². The predicted molar refractivity (Wildman–Crippen MR) is 75.1 cm³/mol. The zero-order valence-electron chi connectivity index (χ0n) is 11.5.